The number of nitrogens with two attached hydrogens (primary N) is 1. The van der Waals surface area contributed by atoms with Crippen LogP contribution in [0.15, 0.2) is 0 Å². The van der Waals surface area contributed by atoms with Crippen LogP contribution in [0, 0.1) is 0 Å². The molecular weight excluding hydrogens is 180 g/mol. The Morgan fingerprint density at radius 3 is 2.57 bits per heavy atom. The molecule has 0 bridgehead atoms. The fourth-order valence-corrected chi connectivity index (χ4v) is 1.75. The Labute approximate surface area is 86.3 Å². The predicted octanol–water partition coefficient (Wildman–Crippen LogP) is 0.0725. The van der Waals surface area contributed by atoms with Crippen molar-refractivity contribution in [2.75, 3.05) is 46.5 Å². The first-order valence-electron chi connectivity index (χ1n) is 5.39. The minimum atomic E-state index is 0.469. The van der Waals surface area contributed by atoms with Crippen molar-refractivity contribution in [3.8, 4) is 0 Å². The molecular formula is C10H22N2O2. The van der Waals surface area contributed by atoms with E-state index in [9.17, 15) is 0 Å². The Kier molecular flexibility index (Phi) is 6.10. The predicted molar refractivity (Wildman–Crippen MR) is 56.3 cm³/mol. The highest BCUT2D eigenvalue weighted by Crippen LogP contribution is 2.11. The lowest BCUT2D eigenvalue weighted by Crippen LogP contribution is -2.38. The smallest absolute Gasteiger partial charge is 0.0595 e. The lowest BCUT2D eigenvalue weighted by Gasteiger charge is -2.30. The molecule has 84 valence electrons. The third kappa shape index (κ3) is 4.37. The molecule has 0 aromatic carbocycles. The molecule has 0 saturated carbocycles. The fraction of sp³-hybridized carbons (Fsp3) is 1.00. The number of hydrogen-bond donors (Lipinski definition) is 1. The molecule has 4 heteroatoms. The zero-order chi connectivity index (χ0) is 10.2. The lowest BCUT2D eigenvalue weighted by atomic mass is 10.1. The summed E-state index contributed by atoms with van der Waals surface area (Å²) in [7, 11) is 1.80. The molecule has 0 unspecified atom stereocenters. The first-order chi connectivity index (χ1) is 6.86. The normalized spacial score (nSPS) is 20.1. The Bertz CT molecular complexity index is 136. The van der Waals surface area contributed by atoms with Crippen molar-refractivity contribution >= 4 is 0 Å². The zero-order valence-corrected chi connectivity index (χ0v) is 9.08. The number of likely N-dealkylation sites (tertiary alicyclic amines) is 1. The fourth-order valence-electron chi connectivity index (χ4n) is 1.75. The van der Waals surface area contributed by atoms with Gasteiger partial charge in [0.1, 0.15) is 0 Å². The van der Waals surface area contributed by atoms with E-state index >= 15 is 0 Å². The quantitative estimate of drug-likeness (QED) is 0.619. The molecule has 4 nitrogen and oxygen atoms in total. The van der Waals surface area contributed by atoms with Gasteiger partial charge in [-0.3, -0.25) is 0 Å². The zero-order valence-electron chi connectivity index (χ0n) is 9.08. The highest BCUT2D eigenvalue weighted by Gasteiger charge is 2.17. The van der Waals surface area contributed by atoms with E-state index in [4.69, 9.17) is 15.2 Å². The second-order valence-electron chi connectivity index (χ2n) is 3.68. The number of methoxy groups -OCH3 is 1. The summed E-state index contributed by atoms with van der Waals surface area (Å²) in [6.07, 6.45) is 2.76. The van der Waals surface area contributed by atoms with Gasteiger partial charge in [0, 0.05) is 33.3 Å². The molecule has 1 saturated heterocycles. The van der Waals surface area contributed by atoms with Gasteiger partial charge in [0.25, 0.3) is 0 Å². The van der Waals surface area contributed by atoms with Crippen molar-refractivity contribution in [3.05, 3.63) is 0 Å². The summed E-state index contributed by atoms with van der Waals surface area (Å²) in [5.41, 5.74) is 5.33. The first-order valence-corrected chi connectivity index (χ1v) is 5.39. The number of piperidine rings is 1. The van der Waals surface area contributed by atoms with Gasteiger partial charge >= 0.3 is 0 Å². The molecule has 0 aromatic rings. The van der Waals surface area contributed by atoms with Crippen molar-refractivity contribution in [2.45, 2.75) is 18.9 Å². The summed E-state index contributed by atoms with van der Waals surface area (Å²) in [5.74, 6) is 0. The highest BCUT2D eigenvalue weighted by molar-refractivity contribution is 4.71. The maximum atomic E-state index is 5.34. The van der Waals surface area contributed by atoms with Gasteiger partial charge < -0.3 is 20.1 Å². The summed E-state index contributed by atoms with van der Waals surface area (Å²) in [6, 6.07) is 0. The molecule has 14 heavy (non-hydrogen) atoms. The van der Waals surface area contributed by atoms with E-state index in [0.29, 0.717) is 19.3 Å². The second-order valence-corrected chi connectivity index (χ2v) is 3.68. The van der Waals surface area contributed by atoms with Gasteiger partial charge in [-0.05, 0) is 12.8 Å². The molecule has 0 spiro atoms. The van der Waals surface area contributed by atoms with Crippen LogP contribution >= 0.6 is 0 Å². The van der Waals surface area contributed by atoms with Crippen LogP contribution in [0.4, 0.5) is 0 Å². The molecule has 1 heterocycles. The third-order valence-electron chi connectivity index (χ3n) is 2.68. The molecule has 1 fully saturated rings. The van der Waals surface area contributed by atoms with E-state index in [0.717, 1.165) is 39.1 Å². The summed E-state index contributed by atoms with van der Waals surface area (Å²) in [6.45, 7) is 5.38. The van der Waals surface area contributed by atoms with Gasteiger partial charge in [-0.2, -0.15) is 0 Å². The average molecular weight is 202 g/mol. The Hall–Kier alpha value is -0.160. The monoisotopic (exact) mass is 202 g/mol. The molecule has 1 aliphatic heterocycles. The molecule has 0 aromatic heterocycles. The largest absolute Gasteiger partial charge is 0.381 e. The molecule has 0 atom stereocenters. The van der Waals surface area contributed by atoms with E-state index in [1.165, 1.54) is 0 Å². The lowest BCUT2D eigenvalue weighted by molar-refractivity contribution is 0.0294. The van der Waals surface area contributed by atoms with E-state index in [1.54, 1.807) is 7.11 Å². The van der Waals surface area contributed by atoms with Crippen LogP contribution in [0.3, 0.4) is 0 Å². The third-order valence-corrected chi connectivity index (χ3v) is 2.68. The van der Waals surface area contributed by atoms with E-state index in [-0.39, 0.29) is 0 Å². The van der Waals surface area contributed by atoms with Gasteiger partial charge in [0.05, 0.1) is 19.3 Å². The van der Waals surface area contributed by atoms with Crippen LogP contribution in [-0.2, 0) is 9.47 Å². The number of ether oxygens (including phenoxy) is 2. The highest BCUT2D eigenvalue weighted by atomic mass is 16.5. The summed E-state index contributed by atoms with van der Waals surface area (Å²) in [4.78, 5) is 2.42. The maximum absolute atomic E-state index is 5.34. The van der Waals surface area contributed by atoms with Crippen molar-refractivity contribution in [2.24, 2.45) is 5.73 Å². The minimum Gasteiger partial charge on any atom is -0.381 e. The van der Waals surface area contributed by atoms with Crippen molar-refractivity contribution in [1.82, 2.24) is 4.90 Å². The summed E-state index contributed by atoms with van der Waals surface area (Å²) < 4.78 is 10.6. The number of nitrogens with zero attached hydrogens (tertiary/aromatic N) is 1. The van der Waals surface area contributed by atoms with Crippen LogP contribution in [0.2, 0.25) is 0 Å². The van der Waals surface area contributed by atoms with E-state index < -0.39 is 0 Å². The summed E-state index contributed by atoms with van der Waals surface area (Å²) >= 11 is 0. The van der Waals surface area contributed by atoms with E-state index in [2.05, 4.69) is 4.90 Å². The van der Waals surface area contributed by atoms with E-state index in [1.807, 2.05) is 0 Å². The van der Waals surface area contributed by atoms with Crippen LogP contribution in [-0.4, -0.2) is 57.5 Å². The number of rotatable bonds is 6. The van der Waals surface area contributed by atoms with Gasteiger partial charge in [-0.15, -0.1) is 0 Å². The van der Waals surface area contributed by atoms with Crippen LogP contribution in [0.25, 0.3) is 0 Å². The van der Waals surface area contributed by atoms with Crippen LogP contribution in [0.5, 0.6) is 0 Å². The minimum absolute atomic E-state index is 0.469. The molecule has 1 rings (SSSR count). The number of hydrogen-bond acceptors (Lipinski definition) is 4. The molecule has 0 radical (unpaired) electrons. The van der Waals surface area contributed by atoms with Gasteiger partial charge in [0.15, 0.2) is 0 Å². The topological polar surface area (TPSA) is 47.7 Å². The molecule has 1 aliphatic rings. The van der Waals surface area contributed by atoms with Crippen LogP contribution in [0.1, 0.15) is 12.8 Å². The second kappa shape index (κ2) is 7.17. The van der Waals surface area contributed by atoms with Gasteiger partial charge in [0.2, 0.25) is 0 Å². The Morgan fingerprint density at radius 1 is 1.29 bits per heavy atom. The maximum Gasteiger partial charge on any atom is 0.0595 e. The van der Waals surface area contributed by atoms with Crippen molar-refractivity contribution < 1.29 is 9.47 Å². The summed E-state index contributed by atoms with van der Waals surface area (Å²) in [5, 5.41) is 0. The Balaban J connectivity index is 1.98. The van der Waals surface area contributed by atoms with Crippen molar-refractivity contribution in [1.29, 1.82) is 0 Å². The first kappa shape index (κ1) is 11.9. The van der Waals surface area contributed by atoms with Gasteiger partial charge in [-0.1, -0.05) is 0 Å². The Morgan fingerprint density at radius 2 is 2.00 bits per heavy atom. The molecule has 0 amide bonds. The standard InChI is InChI=1S/C10H22N2O2/c1-13-10-2-5-12(6-3-10)7-9-14-8-4-11/h10H,2-9,11H2,1H3. The van der Waals surface area contributed by atoms with Crippen molar-refractivity contribution in [3.63, 3.8) is 0 Å². The SMILES string of the molecule is COC1CCN(CCOCCN)CC1. The van der Waals surface area contributed by atoms with Gasteiger partial charge in [-0.25, -0.2) is 0 Å². The molecule has 2 N–H and O–H groups in total. The van der Waals surface area contributed by atoms with Crippen LogP contribution < -0.4 is 5.73 Å². The average Bonchev–Trinajstić information content (AvgIpc) is 2.25. The molecule has 0 aliphatic carbocycles.